The van der Waals surface area contributed by atoms with Crippen LogP contribution in [-0.4, -0.2) is 18.2 Å². The van der Waals surface area contributed by atoms with Crippen LogP contribution in [0.5, 0.6) is 0 Å². The van der Waals surface area contributed by atoms with Crippen molar-refractivity contribution in [3.63, 3.8) is 0 Å². The molecule has 0 aromatic heterocycles. The summed E-state index contributed by atoms with van der Waals surface area (Å²) in [5, 5.41) is 2.77. The lowest BCUT2D eigenvalue weighted by Gasteiger charge is -2.26. The van der Waals surface area contributed by atoms with E-state index in [0.29, 0.717) is 0 Å². The van der Waals surface area contributed by atoms with Crippen LogP contribution in [0.2, 0.25) is 0 Å². The fourth-order valence-corrected chi connectivity index (χ4v) is 0.973. The zero-order chi connectivity index (χ0) is 10.6. The van der Waals surface area contributed by atoms with E-state index < -0.39 is 11.6 Å². The van der Waals surface area contributed by atoms with Crippen molar-refractivity contribution in [1.82, 2.24) is 5.32 Å². The molecule has 1 atom stereocenters. The van der Waals surface area contributed by atoms with E-state index in [-0.39, 0.29) is 6.61 Å². The smallest absolute Gasteiger partial charge is 0.351 e. The average Bonchev–Trinajstić information content (AvgIpc) is 2.19. The van der Waals surface area contributed by atoms with Crippen LogP contribution in [0.15, 0.2) is 36.6 Å². The molecule has 0 fully saturated rings. The third-order valence-electron chi connectivity index (χ3n) is 1.82. The van der Waals surface area contributed by atoms with Gasteiger partial charge in [0.2, 0.25) is 5.66 Å². The van der Waals surface area contributed by atoms with Gasteiger partial charge in [0.25, 0.3) is 0 Å². The number of carbonyl (C=O) groups is 1. The number of nitrogens with one attached hydrogen (secondary N) is 1. The number of esters is 1. The summed E-state index contributed by atoms with van der Waals surface area (Å²) in [6.07, 6.45) is 6.52. The van der Waals surface area contributed by atoms with Crippen LogP contribution < -0.4 is 11.1 Å². The van der Waals surface area contributed by atoms with E-state index in [1.807, 2.05) is 6.92 Å². The largest absolute Gasteiger partial charge is 0.458 e. The lowest BCUT2D eigenvalue weighted by Crippen LogP contribution is -2.58. The summed E-state index contributed by atoms with van der Waals surface area (Å²) in [6, 6.07) is 0. The zero-order valence-corrected chi connectivity index (χ0v) is 8.12. The lowest BCUT2D eigenvalue weighted by atomic mass is 10.1. The molecule has 0 aromatic carbocycles. The average molecular weight is 194 g/mol. The highest BCUT2D eigenvalue weighted by molar-refractivity contribution is 5.83. The van der Waals surface area contributed by atoms with Gasteiger partial charge in [-0.3, -0.25) is 5.73 Å². The first kappa shape index (κ1) is 10.5. The normalized spacial score (nSPS) is 24.9. The second-order valence-electron chi connectivity index (χ2n) is 3.12. The summed E-state index contributed by atoms with van der Waals surface area (Å²) in [6.45, 7) is 5.51. The van der Waals surface area contributed by atoms with Gasteiger partial charge in [-0.25, -0.2) is 4.79 Å². The topological polar surface area (TPSA) is 64.3 Å². The SMILES string of the molecule is C=CCOC(=O)C1(N)C=CC(C)=CN1. The van der Waals surface area contributed by atoms with Crippen LogP contribution in [-0.2, 0) is 9.53 Å². The Bertz CT molecular complexity index is 307. The fraction of sp³-hybridized carbons (Fsp3) is 0.300. The van der Waals surface area contributed by atoms with Crippen molar-refractivity contribution in [3.05, 3.63) is 36.6 Å². The number of dihydropyridines is 1. The third-order valence-corrected chi connectivity index (χ3v) is 1.82. The summed E-state index contributed by atoms with van der Waals surface area (Å²) >= 11 is 0. The number of ether oxygens (including phenoxy) is 1. The summed E-state index contributed by atoms with van der Waals surface area (Å²) in [5.41, 5.74) is 5.51. The molecule has 1 aliphatic heterocycles. The van der Waals surface area contributed by atoms with E-state index in [9.17, 15) is 4.79 Å². The van der Waals surface area contributed by atoms with Gasteiger partial charge in [0.05, 0.1) is 0 Å². The first-order valence-corrected chi connectivity index (χ1v) is 4.29. The van der Waals surface area contributed by atoms with Gasteiger partial charge in [0.1, 0.15) is 6.61 Å². The second-order valence-corrected chi connectivity index (χ2v) is 3.12. The van der Waals surface area contributed by atoms with Gasteiger partial charge in [-0.05, 0) is 18.6 Å². The van der Waals surface area contributed by atoms with E-state index in [1.165, 1.54) is 6.08 Å². The van der Waals surface area contributed by atoms with Crippen molar-refractivity contribution < 1.29 is 9.53 Å². The predicted octanol–water partition coefficient (Wildman–Crippen LogP) is 0.434. The molecular formula is C10H14N2O2. The number of carbonyl (C=O) groups excluding carboxylic acids is 1. The molecule has 0 amide bonds. The second kappa shape index (κ2) is 4.11. The van der Waals surface area contributed by atoms with Crippen molar-refractivity contribution in [3.8, 4) is 0 Å². The molecule has 0 saturated heterocycles. The fourth-order valence-electron chi connectivity index (χ4n) is 0.973. The van der Waals surface area contributed by atoms with Crippen molar-refractivity contribution in [2.24, 2.45) is 5.73 Å². The van der Waals surface area contributed by atoms with Crippen LogP contribution in [0, 0.1) is 0 Å². The quantitative estimate of drug-likeness (QED) is 0.505. The Hall–Kier alpha value is -1.55. The Morgan fingerprint density at radius 2 is 2.57 bits per heavy atom. The summed E-state index contributed by atoms with van der Waals surface area (Å²) in [4.78, 5) is 11.4. The number of nitrogens with two attached hydrogens (primary N) is 1. The molecule has 4 nitrogen and oxygen atoms in total. The highest BCUT2D eigenvalue weighted by Crippen LogP contribution is 2.10. The Morgan fingerprint density at radius 1 is 1.86 bits per heavy atom. The molecule has 0 radical (unpaired) electrons. The highest BCUT2D eigenvalue weighted by atomic mass is 16.5. The summed E-state index contributed by atoms with van der Waals surface area (Å²) < 4.78 is 4.84. The molecule has 1 aliphatic rings. The van der Waals surface area contributed by atoms with Gasteiger partial charge < -0.3 is 10.1 Å². The molecule has 4 heteroatoms. The molecule has 1 heterocycles. The number of hydrogen-bond donors (Lipinski definition) is 2. The number of allylic oxidation sites excluding steroid dienone is 2. The van der Waals surface area contributed by atoms with Gasteiger partial charge in [-0.2, -0.15) is 0 Å². The van der Waals surface area contributed by atoms with Crippen molar-refractivity contribution in [2.75, 3.05) is 6.61 Å². The van der Waals surface area contributed by atoms with Gasteiger partial charge >= 0.3 is 5.97 Å². The molecule has 0 aliphatic carbocycles. The number of hydrogen-bond acceptors (Lipinski definition) is 4. The van der Waals surface area contributed by atoms with E-state index in [1.54, 1.807) is 18.4 Å². The number of rotatable bonds is 3. The van der Waals surface area contributed by atoms with Crippen molar-refractivity contribution >= 4 is 5.97 Å². The van der Waals surface area contributed by atoms with Crippen LogP contribution in [0.3, 0.4) is 0 Å². The molecule has 1 rings (SSSR count). The molecule has 0 bridgehead atoms. The van der Waals surface area contributed by atoms with Crippen LogP contribution in [0.4, 0.5) is 0 Å². The maximum atomic E-state index is 11.4. The Kier molecular flexibility index (Phi) is 3.09. The van der Waals surface area contributed by atoms with E-state index in [0.717, 1.165) is 5.57 Å². The molecule has 3 N–H and O–H groups in total. The molecule has 0 spiro atoms. The molecule has 76 valence electrons. The van der Waals surface area contributed by atoms with Crippen LogP contribution >= 0.6 is 0 Å². The first-order valence-electron chi connectivity index (χ1n) is 4.29. The van der Waals surface area contributed by atoms with Gasteiger partial charge in [0, 0.05) is 6.20 Å². The minimum atomic E-state index is -1.25. The van der Waals surface area contributed by atoms with Crippen LogP contribution in [0.1, 0.15) is 6.92 Å². The minimum absolute atomic E-state index is 0.163. The van der Waals surface area contributed by atoms with Crippen molar-refractivity contribution in [1.29, 1.82) is 0 Å². The molecule has 0 saturated carbocycles. The van der Waals surface area contributed by atoms with Gasteiger partial charge in [-0.1, -0.05) is 18.7 Å². The van der Waals surface area contributed by atoms with Gasteiger partial charge in [-0.15, -0.1) is 0 Å². The van der Waals surface area contributed by atoms with Crippen LogP contribution in [0.25, 0.3) is 0 Å². The summed E-state index contributed by atoms with van der Waals surface area (Å²) in [7, 11) is 0. The van der Waals surface area contributed by atoms with E-state index in [4.69, 9.17) is 10.5 Å². The molecular weight excluding hydrogens is 180 g/mol. The molecule has 14 heavy (non-hydrogen) atoms. The summed E-state index contributed by atoms with van der Waals surface area (Å²) in [5.74, 6) is -0.516. The standard InChI is InChI=1S/C10H14N2O2/c1-3-6-14-9(13)10(11)5-4-8(2)7-12-10/h3-5,7,12H,1,6,11H2,2H3. The maximum Gasteiger partial charge on any atom is 0.351 e. The first-order chi connectivity index (χ1) is 6.58. The van der Waals surface area contributed by atoms with E-state index in [2.05, 4.69) is 11.9 Å². The van der Waals surface area contributed by atoms with Crippen molar-refractivity contribution in [2.45, 2.75) is 12.6 Å². The van der Waals surface area contributed by atoms with Gasteiger partial charge in [0.15, 0.2) is 0 Å². The Labute approximate surface area is 83.1 Å². The predicted molar refractivity (Wildman–Crippen MR) is 54.1 cm³/mol. The lowest BCUT2D eigenvalue weighted by molar-refractivity contribution is -0.147. The molecule has 1 unspecified atom stereocenters. The Morgan fingerprint density at radius 3 is 3.07 bits per heavy atom. The third kappa shape index (κ3) is 2.23. The molecule has 0 aromatic rings. The highest BCUT2D eigenvalue weighted by Gasteiger charge is 2.32. The maximum absolute atomic E-state index is 11.4. The monoisotopic (exact) mass is 194 g/mol. The minimum Gasteiger partial charge on any atom is -0.458 e. The van der Waals surface area contributed by atoms with E-state index >= 15 is 0 Å². The Balaban J connectivity index is 2.63. The zero-order valence-electron chi connectivity index (χ0n) is 8.12.